The first kappa shape index (κ1) is 19.4. The Bertz CT molecular complexity index is 1190. The molecule has 2 aromatic carbocycles. The molecule has 0 atom stereocenters. The van der Waals surface area contributed by atoms with Crippen LogP contribution < -0.4 is 5.32 Å². The summed E-state index contributed by atoms with van der Waals surface area (Å²) in [6.45, 7) is 4.28. The molecule has 0 aliphatic carbocycles. The number of anilines is 1. The lowest BCUT2D eigenvalue weighted by molar-refractivity contribution is -0.111. The molecule has 0 radical (unpaired) electrons. The van der Waals surface area contributed by atoms with E-state index in [2.05, 4.69) is 41.3 Å². The van der Waals surface area contributed by atoms with Crippen LogP contribution in [0.1, 0.15) is 30.9 Å². The number of aromatic nitrogens is 2. The van der Waals surface area contributed by atoms with Gasteiger partial charge in [-0.05, 0) is 35.3 Å². The summed E-state index contributed by atoms with van der Waals surface area (Å²) >= 11 is 0. The van der Waals surface area contributed by atoms with Gasteiger partial charge in [-0.25, -0.2) is 4.98 Å². The number of aromatic hydroxyl groups is 1. The number of rotatable bonds is 5. The van der Waals surface area contributed by atoms with E-state index in [0.29, 0.717) is 28.3 Å². The number of nitrogens with zero attached hydrogens (tertiary/aromatic N) is 2. The van der Waals surface area contributed by atoms with Gasteiger partial charge in [-0.15, -0.1) is 0 Å². The van der Waals surface area contributed by atoms with E-state index in [4.69, 9.17) is 4.42 Å². The summed E-state index contributed by atoms with van der Waals surface area (Å²) in [5.74, 6) is 0.426. The van der Waals surface area contributed by atoms with Crippen molar-refractivity contribution in [1.29, 1.82) is 0 Å². The number of hydrogen-bond donors (Lipinski definition) is 2. The first-order valence-electron chi connectivity index (χ1n) is 9.62. The highest BCUT2D eigenvalue weighted by molar-refractivity contribution is 6.02. The van der Waals surface area contributed by atoms with Gasteiger partial charge >= 0.3 is 0 Å². The topological polar surface area (TPSA) is 88.3 Å². The van der Waals surface area contributed by atoms with E-state index in [0.717, 1.165) is 5.56 Å². The summed E-state index contributed by atoms with van der Waals surface area (Å²) in [4.78, 5) is 20.6. The smallest absolute Gasteiger partial charge is 0.248 e. The second-order valence-corrected chi connectivity index (χ2v) is 7.24. The molecule has 30 heavy (non-hydrogen) atoms. The van der Waals surface area contributed by atoms with Crippen molar-refractivity contribution in [3.8, 4) is 17.2 Å². The molecule has 0 aliphatic rings. The Kier molecular flexibility index (Phi) is 5.30. The number of carbonyl (C=O) groups is 1. The van der Waals surface area contributed by atoms with Gasteiger partial charge in [-0.1, -0.05) is 38.1 Å². The second-order valence-electron chi connectivity index (χ2n) is 7.24. The van der Waals surface area contributed by atoms with Gasteiger partial charge in [0.25, 0.3) is 0 Å². The van der Waals surface area contributed by atoms with Crippen molar-refractivity contribution in [3.63, 3.8) is 0 Å². The molecule has 2 aromatic heterocycles. The molecule has 0 unspecified atom stereocenters. The van der Waals surface area contributed by atoms with Crippen LogP contribution in [0.2, 0.25) is 0 Å². The number of amides is 1. The number of oxazole rings is 1. The highest BCUT2D eigenvalue weighted by Crippen LogP contribution is 2.32. The minimum absolute atomic E-state index is 0.0411. The first-order valence-corrected chi connectivity index (χ1v) is 9.62. The van der Waals surface area contributed by atoms with Crippen LogP contribution in [0.4, 0.5) is 5.69 Å². The molecule has 150 valence electrons. The minimum Gasteiger partial charge on any atom is -0.507 e. The third-order valence-corrected chi connectivity index (χ3v) is 4.72. The first-order chi connectivity index (χ1) is 14.5. The van der Waals surface area contributed by atoms with Crippen molar-refractivity contribution < 1.29 is 14.3 Å². The SMILES string of the molecule is CC(C)c1ccc(C=CC(=O)Nc2ccc(-c3nc4cnccc4o3)c(O)c2)cc1. The molecule has 0 bridgehead atoms. The molecule has 0 saturated heterocycles. The summed E-state index contributed by atoms with van der Waals surface area (Å²) in [6, 6.07) is 14.6. The molecule has 0 spiro atoms. The average molecular weight is 399 g/mol. The number of phenols is 1. The van der Waals surface area contributed by atoms with Crippen LogP contribution in [0.25, 0.3) is 28.6 Å². The maximum absolute atomic E-state index is 12.2. The second kappa shape index (κ2) is 8.21. The summed E-state index contributed by atoms with van der Waals surface area (Å²) in [5.41, 5.74) is 4.29. The molecule has 4 rings (SSSR count). The Morgan fingerprint density at radius 3 is 2.63 bits per heavy atom. The van der Waals surface area contributed by atoms with E-state index in [1.54, 1.807) is 36.7 Å². The molecule has 2 heterocycles. The Hall–Kier alpha value is -3.93. The van der Waals surface area contributed by atoms with Gasteiger partial charge in [-0.3, -0.25) is 9.78 Å². The molecule has 0 fully saturated rings. The van der Waals surface area contributed by atoms with E-state index in [9.17, 15) is 9.90 Å². The molecule has 1 amide bonds. The van der Waals surface area contributed by atoms with Gasteiger partial charge in [-0.2, -0.15) is 0 Å². The quantitative estimate of drug-likeness (QED) is 0.441. The van der Waals surface area contributed by atoms with Gasteiger partial charge in [0, 0.05) is 30.1 Å². The lowest BCUT2D eigenvalue weighted by Crippen LogP contribution is -2.07. The fourth-order valence-corrected chi connectivity index (χ4v) is 3.03. The van der Waals surface area contributed by atoms with Gasteiger partial charge in [0.05, 0.1) is 11.8 Å². The van der Waals surface area contributed by atoms with Crippen molar-refractivity contribution in [1.82, 2.24) is 9.97 Å². The fraction of sp³-hybridized carbons (Fsp3) is 0.125. The number of pyridine rings is 1. The van der Waals surface area contributed by atoms with Crippen LogP contribution in [-0.2, 0) is 4.79 Å². The lowest BCUT2D eigenvalue weighted by atomic mass is 10.0. The summed E-state index contributed by atoms with van der Waals surface area (Å²) in [6.07, 6.45) is 6.42. The van der Waals surface area contributed by atoms with Crippen molar-refractivity contribution in [2.24, 2.45) is 0 Å². The van der Waals surface area contributed by atoms with Crippen LogP contribution in [-0.4, -0.2) is 21.0 Å². The number of phenolic OH excluding ortho intramolecular Hbond substituents is 1. The zero-order valence-corrected chi connectivity index (χ0v) is 16.7. The molecule has 6 heteroatoms. The third kappa shape index (κ3) is 4.22. The standard InChI is InChI=1S/C24H21N3O3/c1-15(2)17-6-3-16(4-7-17)5-10-23(29)26-18-8-9-19(21(28)13-18)24-27-20-14-25-12-11-22(20)30-24/h3-15,28H,1-2H3,(H,26,29). The number of hydrogen-bond acceptors (Lipinski definition) is 5. The summed E-state index contributed by atoms with van der Waals surface area (Å²) in [7, 11) is 0. The van der Waals surface area contributed by atoms with E-state index in [1.165, 1.54) is 17.7 Å². The molecule has 2 N–H and O–H groups in total. The Labute approximate surface area is 173 Å². The van der Waals surface area contributed by atoms with Crippen LogP contribution in [0.15, 0.2) is 71.4 Å². The number of benzene rings is 2. The van der Waals surface area contributed by atoms with Gasteiger partial charge in [0.15, 0.2) is 5.58 Å². The Morgan fingerprint density at radius 1 is 1.13 bits per heavy atom. The normalized spacial score (nSPS) is 11.4. The molecule has 6 nitrogen and oxygen atoms in total. The molecular weight excluding hydrogens is 378 g/mol. The van der Waals surface area contributed by atoms with Crippen molar-refractivity contribution in [2.75, 3.05) is 5.32 Å². The third-order valence-electron chi connectivity index (χ3n) is 4.72. The van der Waals surface area contributed by atoms with E-state index in [1.807, 2.05) is 12.1 Å². The molecule has 0 aliphatic heterocycles. The Morgan fingerprint density at radius 2 is 1.93 bits per heavy atom. The van der Waals surface area contributed by atoms with Gasteiger partial charge < -0.3 is 14.8 Å². The maximum Gasteiger partial charge on any atom is 0.248 e. The van der Waals surface area contributed by atoms with Crippen LogP contribution in [0, 0.1) is 0 Å². The van der Waals surface area contributed by atoms with Gasteiger partial charge in [0.2, 0.25) is 11.8 Å². The zero-order valence-electron chi connectivity index (χ0n) is 16.7. The van der Waals surface area contributed by atoms with Gasteiger partial charge in [0.1, 0.15) is 11.3 Å². The summed E-state index contributed by atoms with van der Waals surface area (Å²) < 4.78 is 5.66. The molecular formula is C24H21N3O3. The predicted molar refractivity (Wildman–Crippen MR) is 117 cm³/mol. The van der Waals surface area contributed by atoms with Crippen LogP contribution in [0.5, 0.6) is 5.75 Å². The largest absolute Gasteiger partial charge is 0.507 e. The monoisotopic (exact) mass is 399 g/mol. The predicted octanol–water partition coefficient (Wildman–Crippen LogP) is 5.37. The highest BCUT2D eigenvalue weighted by Gasteiger charge is 2.13. The number of fused-ring (bicyclic) bond motifs is 1. The zero-order chi connectivity index (χ0) is 21.1. The molecule has 0 saturated carbocycles. The highest BCUT2D eigenvalue weighted by atomic mass is 16.3. The Balaban J connectivity index is 1.45. The van der Waals surface area contributed by atoms with E-state index < -0.39 is 0 Å². The number of nitrogens with one attached hydrogen (secondary N) is 1. The van der Waals surface area contributed by atoms with Crippen LogP contribution >= 0.6 is 0 Å². The van der Waals surface area contributed by atoms with E-state index in [-0.39, 0.29) is 17.5 Å². The van der Waals surface area contributed by atoms with Crippen molar-refractivity contribution >= 4 is 28.8 Å². The number of carbonyl (C=O) groups excluding carboxylic acids is 1. The minimum atomic E-state index is -0.289. The van der Waals surface area contributed by atoms with Crippen molar-refractivity contribution in [2.45, 2.75) is 19.8 Å². The van der Waals surface area contributed by atoms with E-state index >= 15 is 0 Å². The summed E-state index contributed by atoms with van der Waals surface area (Å²) in [5, 5.41) is 13.1. The average Bonchev–Trinajstić information content (AvgIpc) is 3.16. The molecule has 4 aromatic rings. The lowest BCUT2D eigenvalue weighted by Gasteiger charge is -2.06. The van der Waals surface area contributed by atoms with Crippen LogP contribution in [0.3, 0.4) is 0 Å². The van der Waals surface area contributed by atoms with Crippen molar-refractivity contribution in [3.05, 3.63) is 78.1 Å². The fourth-order valence-electron chi connectivity index (χ4n) is 3.03. The maximum atomic E-state index is 12.2.